The summed E-state index contributed by atoms with van der Waals surface area (Å²) >= 11 is 0. The van der Waals surface area contributed by atoms with Crippen LogP contribution in [0, 0.1) is 22.7 Å². The molecule has 0 atom stereocenters. The molecule has 20 aromatic rings. The summed E-state index contributed by atoms with van der Waals surface area (Å²) in [5, 5.41) is 45.9. The Morgan fingerprint density at radius 3 is 1.06 bits per heavy atom. The zero-order valence-corrected chi connectivity index (χ0v) is 56.0. The molecule has 0 radical (unpaired) electrons. The molecule has 22 rings (SSSR count). The van der Waals surface area contributed by atoms with Crippen LogP contribution in [0.2, 0.25) is 0 Å². The van der Waals surface area contributed by atoms with Crippen LogP contribution in [0.5, 0.6) is 23.0 Å². The maximum Gasteiger partial charge on any atom is 0.136 e. The van der Waals surface area contributed by atoms with E-state index < -0.39 is 0 Å². The van der Waals surface area contributed by atoms with Crippen LogP contribution in [0.15, 0.2) is 340 Å². The molecular formula is C100H56N2O2. The van der Waals surface area contributed by atoms with Crippen molar-refractivity contribution in [3.63, 3.8) is 0 Å². The Morgan fingerprint density at radius 2 is 0.510 bits per heavy atom. The molecule has 0 aromatic heterocycles. The highest BCUT2D eigenvalue weighted by atomic mass is 16.5. The van der Waals surface area contributed by atoms with Crippen LogP contribution in [0.25, 0.3) is 196 Å². The third-order valence-corrected chi connectivity index (χ3v) is 21.9. The number of nitriles is 2. The quantitative estimate of drug-likeness (QED) is 0.161. The van der Waals surface area contributed by atoms with Crippen LogP contribution >= 0.6 is 0 Å². The molecule has 20 aromatic carbocycles. The molecule has 478 valence electrons. The summed E-state index contributed by atoms with van der Waals surface area (Å²) in [5.74, 6) is 3.08. The minimum atomic E-state index is 0.592. The fourth-order valence-corrected chi connectivity index (χ4v) is 17.2. The van der Waals surface area contributed by atoms with Crippen molar-refractivity contribution in [2.24, 2.45) is 0 Å². The van der Waals surface area contributed by atoms with E-state index in [0.29, 0.717) is 11.1 Å². The van der Waals surface area contributed by atoms with Crippen molar-refractivity contribution < 1.29 is 9.47 Å². The standard InChI is InChI=1S/C55H31NO.C45H25NO/c56-32-33-19-24-46-48-26-25-40(47-17-8-18-53(55(47)48)57-54(46)27-33)37-22-20-36-29-38(23-21-35(36)28-37)49-30-51-45-15-6-5-14-44(45)50(31-52(51)43-13-4-3-12-42(43)49)41-16-7-10-34-9-1-2-11-39(34)41;46-26-27-16-18-38-40-23-22-35(39-14-7-15-43(45(39)40)47-44(38)24-27)34-20-21-37(31-11-4-3-10-30(31)34)42-25-41-29-9-2-1-8-28(29)17-19-36(41)32-12-5-6-13-33(32)42/h1-31H;1-25H. The largest absolute Gasteiger partial charge is 0.456 e. The van der Waals surface area contributed by atoms with Gasteiger partial charge in [0.1, 0.15) is 23.0 Å². The van der Waals surface area contributed by atoms with Gasteiger partial charge in [0.05, 0.1) is 23.3 Å². The van der Waals surface area contributed by atoms with Gasteiger partial charge in [-0.2, -0.15) is 10.5 Å². The highest BCUT2D eigenvalue weighted by Gasteiger charge is 2.26. The first-order valence-corrected chi connectivity index (χ1v) is 35.3. The Balaban J connectivity index is 0.000000137. The van der Waals surface area contributed by atoms with Crippen LogP contribution in [0.3, 0.4) is 0 Å². The van der Waals surface area contributed by atoms with Gasteiger partial charge < -0.3 is 9.47 Å². The van der Waals surface area contributed by atoms with Crippen molar-refractivity contribution in [3.05, 3.63) is 351 Å². The summed E-state index contributed by atoms with van der Waals surface area (Å²) in [7, 11) is 0. The maximum absolute atomic E-state index is 9.47. The van der Waals surface area contributed by atoms with E-state index >= 15 is 0 Å². The van der Waals surface area contributed by atoms with E-state index in [0.717, 1.165) is 77.9 Å². The summed E-state index contributed by atoms with van der Waals surface area (Å²) in [6, 6.07) is 127. The number of hydrogen-bond acceptors (Lipinski definition) is 4. The minimum absolute atomic E-state index is 0.592. The van der Waals surface area contributed by atoms with E-state index in [9.17, 15) is 10.5 Å². The monoisotopic (exact) mass is 1320 g/mol. The van der Waals surface area contributed by atoms with E-state index in [-0.39, 0.29) is 0 Å². The molecule has 2 aliphatic heterocycles. The van der Waals surface area contributed by atoms with Gasteiger partial charge in [-0.3, -0.25) is 0 Å². The lowest BCUT2D eigenvalue weighted by Crippen LogP contribution is -1.98. The Bertz CT molecular complexity index is 7270. The molecule has 4 nitrogen and oxygen atoms in total. The summed E-state index contributed by atoms with van der Waals surface area (Å²) in [6.45, 7) is 0. The molecule has 0 N–H and O–H groups in total. The van der Waals surface area contributed by atoms with Crippen molar-refractivity contribution in [1.29, 1.82) is 10.5 Å². The third-order valence-electron chi connectivity index (χ3n) is 21.9. The van der Waals surface area contributed by atoms with Gasteiger partial charge in [-0.1, -0.05) is 261 Å². The molecule has 0 spiro atoms. The molecule has 0 bridgehead atoms. The summed E-state index contributed by atoms with van der Waals surface area (Å²) < 4.78 is 12.8. The smallest absolute Gasteiger partial charge is 0.136 e. The van der Waals surface area contributed by atoms with Crippen LogP contribution in [-0.2, 0) is 0 Å². The summed E-state index contributed by atoms with van der Waals surface area (Å²) in [6.07, 6.45) is 0. The average molecular weight is 1320 g/mol. The fraction of sp³-hybridized carbons (Fsp3) is 0. The lowest BCUT2D eigenvalue weighted by Gasteiger charge is -2.23. The fourth-order valence-electron chi connectivity index (χ4n) is 17.2. The number of hydrogen-bond donors (Lipinski definition) is 0. The van der Waals surface area contributed by atoms with E-state index in [2.05, 4.69) is 303 Å². The zero-order chi connectivity index (χ0) is 68.7. The van der Waals surface area contributed by atoms with Crippen LogP contribution in [-0.4, -0.2) is 0 Å². The Kier molecular flexibility index (Phi) is 13.1. The SMILES string of the molecule is N#Cc1ccc2c(c1)Oc1cccc3c(-c4ccc(-c5cc6c7ccccc7ccc6c6ccccc56)c5ccccc45)ccc-2c13.N#Cc1ccc2c(c1)Oc1cccc3c(-c4ccc5cc(-c6cc7c8ccccc8c(-c8cccc9ccccc89)cc7c7ccccc67)ccc5c4)ccc-2c13. The van der Waals surface area contributed by atoms with Gasteiger partial charge in [-0.15, -0.1) is 0 Å². The molecule has 0 saturated heterocycles. The van der Waals surface area contributed by atoms with Crippen molar-refractivity contribution in [3.8, 4) is 113 Å². The number of ether oxygens (including phenoxy) is 2. The minimum Gasteiger partial charge on any atom is -0.456 e. The number of rotatable bonds is 5. The highest BCUT2D eigenvalue weighted by Crippen LogP contribution is 2.53. The average Bonchev–Trinajstić information content (AvgIpc) is 0.749. The van der Waals surface area contributed by atoms with Gasteiger partial charge >= 0.3 is 0 Å². The molecule has 4 heteroatoms. The molecule has 0 unspecified atom stereocenters. The zero-order valence-electron chi connectivity index (χ0n) is 56.0. The van der Waals surface area contributed by atoms with Gasteiger partial charge in [0.2, 0.25) is 0 Å². The highest BCUT2D eigenvalue weighted by molar-refractivity contribution is 6.26. The molecule has 2 aliphatic rings. The van der Waals surface area contributed by atoms with Gasteiger partial charge in [0.15, 0.2) is 0 Å². The predicted octanol–water partition coefficient (Wildman–Crippen LogP) is 27.7. The second-order valence-corrected chi connectivity index (χ2v) is 27.4. The second-order valence-electron chi connectivity index (χ2n) is 27.4. The molecule has 0 amide bonds. The molecule has 0 aliphatic carbocycles. The van der Waals surface area contributed by atoms with E-state index in [1.807, 2.05) is 48.5 Å². The van der Waals surface area contributed by atoms with Crippen molar-refractivity contribution in [1.82, 2.24) is 0 Å². The van der Waals surface area contributed by atoms with Crippen LogP contribution < -0.4 is 9.47 Å². The van der Waals surface area contributed by atoms with Crippen LogP contribution in [0.1, 0.15) is 11.1 Å². The Morgan fingerprint density at radius 1 is 0.173 bits per heavy atom. The first kappa shape index (κ1) is 58.8. The van der Waals surface area contributed by atoms with Gasteiger partial charge in [-0.05, 0) is 253 Å². The van der Waals surface area contributed by atoms with E-state index in [1.165, 1.54) is 141 Å². The van der Waals surface area contributed by atoms with Crippen molar-refractivity contribution in [2.45, 2.75) is 0 Å². The van der Waals surface area contributed by atoms with Gasteiger partial charge in [0.25, 0.3) is 0 Å². The predicted molar refractivity (Wildman–Crippen MR) is 433 cm³/mol. The van der Waals surface area contributed by atoms with Crippen LogP contribution in [0.4, 0.5) is 0 Å². The first-order chi connectivity index (χ1) is 51.5. The number of fused-ring (bicyclic) bond motifs is 17. The number of benzene rings is 20. The summed E-state index contributed by atoms with van der Waals surface area (Å²) in [5.41, 5.74) is 17.6. The van der Waals surface area contributed by atoms with Gasteiger partial charge in [0, 0.05) is 21.9 Å². The normalized spacial score (nSPS) is 12.0. The molecular weight excluding hydrogens is 1260 g/mol. The lowest BCUT2D eigenvalue weighted by molar-refractivity contribution is 0.486. The summed E-state index contributed by atoms with van der Waals surface area (Å²) in [4.78, 5) is 0. The lowest BCUT2D eigenvalue weighted by atomic mass is 9.85. The van der Waals surface area contributed by atoms with Crippen molar-refractivity contribution in [2.75, 3.05) is 0 Å². The second kappa shape index (κ2) is 23.2. The molecule has 0 fully saturated rings. The first-order valence-electron chi connectivity index (χ1n) is 35.3. The van der Waals surface area contributed by atoms with E-state index in [1.54, 1.807) is 0 Å². The van der Waals surface area contributed by atoms with Crippen molar-refractivity contribution >= 4 is 118 Å². The Hall–Kier alpha value is -14.2. The third kappa shape index (κ3) is 9.10. The maximum atomic E-state index is 9.47. The topological polar surface area (TPSA) is 66.0 Å². The van der Waals surface area contributed by atoms with Gasteiger partial charge in [-0.25, -0.2) is 0 Å². The molecule has 0 saturated carbocycles. The van der Waals surface area contributed by atoms with E-state index in [4.69, 9.17) is 9.47 Å². The number of nitrogens with zero attached hydrogens (tertiary/aromatic N) is 2. The molecule has 104 heavy (non-hydrogen) atoms. The molecule has 2 heterocycles. The Labute approximate surface area is 598 Å².